The fourth-order valence-electron chi connectivity index (χ4n) is 2.92. The zero-order valence-electron chi connectivity index (χ0n) is 13.3. The Balaban J connectivity index is 1.84. The first kappa shape index (κ1) is 16.5. The summed E-state index contributed by atoms with van der Waals surface area (Å²) in [6.45, 7) is 5.88. The first-order valence-electron chi connectivity index (χ1n) is 7.73. The number of sulfonamides is 1. The van der Waals surface area contributed by atoms with Gasteiger partial charge in [-0.05, 0) is 26.0 Å². The second-order valence-corrected chi connectivity index (χ2v) is 8.96. The maximum Gasteiger partial charge on any atom is 0.216 e. The maximum absolute atomic E-state index is 12.3. The SMILES string of the molecule is CC(C)S(=O)(=O)N1CCN(c2cc[nH+]c3cc(Cl)ccc23)CC1. The van der Waals surface area contributed by atoms with E-state index in [2.05, 4.69) is 9.88 Å². The average Bonchev–Trinajstić information content (AvgIpc) is 2.54. The van der Waals surface area contributed by atoms with Crippen LogP contribution in [-0.4, -0.2) is 44.2 Å². The van der Waals surface area contributed by atoms with Crippen molar-refractivity contribution in [2.45, 2.75) is 19.1 Å². The Hall–Kier alpha value is -1.37. The minimum absolute atomic E-state index is 0.372. The largest absolute Gasteiger partial charge is 0.368 e. The van der Waals surface area contributed by atoms with Gasteiger partial charge in [-0.2, -0.15) is 4.31 Å². The summed E-state index contributed by atoms with van der Waals surface area (Å²) in [4.78, 5) is 5.43. The summed E-state index contributed by atoms with van der Waals surface area (Å²) < 4.78 is 26.1. The summed E-state index contributed by atoms with van der Waals surface area (Å²) in [6, 6.07) is 7.81. The number of hydrogen-bond acceptors (Lipinski definition) is 3. The standard InChI is InChI=1S/C16H20ClN3O2S/c1-12(2)23(21,22)20-9-7-19(8-10-20)16-5-6-18-15-11-13(17)3-4-14(15)16/h3-6,11-12H,7-10H2,1-2H3/p+1. The number of halogens is 1. The quantitative estimate of drug-likeness (QED) is 0.848. The lowest BCUT2D eigenvalue weighted by atomic mass is 10.1. The fourth-order valence-corrected chi connectivity index (χ4v) is 4.36. The van der Waals surface area contributed by atoms with E-state index in [1.165, 1.54) is 0 Å². The highest BCUT2D eigenvalue weighted by molar-refractivity contribution is 7.89. The van der Waals surface area contributed by atoms with E-state index in [1.807, 2.05) is 30.5 Å². The molecular weight excluding hydrogens is 334 g/mol. The molecule has 2 heterocycles. The van der Waals surface area contributed by atoms with Crippen LogP contribution in [0.25, 0.3) is 10.9 Å². The zero-order chi connectivity index (χ0) is 16.6. The third-order valence-corrected chi connectivity index (χ3v) is 6.78. The van der Waals surface area contributed by atoms with Crippen molar-refractivity contribution in [2.75, 3.05) is 31.1 Å². The van der Waals surface area contributed by atoms with Crippen LogP contribution in [0.1, 0.15) is 13.8 Å². The number of fused-ring (bicyclic) bond motifs is 1. The van der Waals surface area contributed by atoms with E-state index in [1.54, 1.807) is 18.2 Å². The molecular formula is C16H21ClN3O2S+. The van der Waals surface area contributed by atoms with Crippen molar-refractivity contribution in [3.63, 3.8) is 0 Å². The molecule has 23 heavy (non-hydrogen) atoms. The number of benzene rings is 1. The zero-order valence-corrected chi connectivity index (χ0v) is 14.9. The molecule has 3 rings (SSSR count). The number of rotatable bonds is 3. The monoisotopic (exact) mass is 354 g/mol. The fraction of sp³-hybridized carbons (Fsp3) is 0.438. The molecule has 0 radical (unpaired) electrons. The van der Waals surface area contributed by atoms with Gasteiger partial charge in [0.15, 0.2) is 6.20 Å². The number of aromatic amines is 1. The van der Waals surface area contributed by atoms with Gasteiger partial charge in [-0.25, -0.2) is 13.4 Å². The van der Waals surface area contributed by atoms with Crippen LogP contribution in [0.2, 0.25) is 5.02 Å². The maximum atomic E-state index is 12.3. The second-order valence-electron chi connectivity index (χ2n) is 6.03. The van der Waals surface area contributed by atoms with Gasteiger partial charge in [0.1, 0.15) is 0 Å². The summed E-state index contributed by atoms with van der Waals surface area (Å²) >= 11 is 6.05. The molecule has 1 fully saturated rings. The van der Waals surface area contributed by atoms with Crippen molar-refractivity contribution < 1.29 is 13.4 Å². The number of pyridine rings is 1. The molecule has 0 aliphatic carbocycles. The highest BCUT2D eigenvalue weighted by Crippen LogP contribution is 2.27. The lowest BCUT2D eigenvalue weighted by Crippen LogP contribution is -2.50. The van der Waals surface area contributed by atoms with E-state index in [0.717, 1.165) is 16.6 Å². The smallest absolute Gasteiger partial charge is 0.216 e. The molecule has 1 aromatic heterocycles. The van der Waals surface area contributed by atoms with E-state index in [9.17, 15) is 8.42 Å². The molecule has 0 atom stereocenters. The number of nitrogens with zero attached hydrogens (tertiary/aromatic N) is 2. The predicted molar refractivity (Wildman–Crippen MR) is 93.4 cm³/mol. The summed E-state index contributed by atoms with van der Waals surface area (Å²) in [5.41, 5.74) is 2.09. The van der Waals surface area contributed by atoms with Crippen LogP contribution in [0, 0.1) is 0 Å². The van der Waals surface area contributed by atoms with Gasteiger partial charge in [0.05, 0.1) is 16.3 Å². The Morgan fingerprint density at radius 2 is 1.83 bits per heavy atom. The Bertz CT molecular complexity index is 815. The van der Waals surface area contributed by atoms with E-state index in [4.69, 9.17) is 11.6 Å². The van der Waals surface area contributed by atoms with Crippen molar-refractivity contribution in [2.24, 2.45) is 0 Å². The van der Waals surface area contributed by atoms with Crippen molar-refractivity contribution >= 4 is 38.2 Å². The van der Waals surface area contributed by atoms with Gasteiger partial charge in [0.25, 0.3) is 0 Å². The highest BCUT2D eigenvalue weighted by Gasteiger charge is 2.30. The Kier molecular flexibility index (Phi) is 4.49. The second kappa shape index (κ2) is 6.26. The summed E-state index contributed by atoms with van der Waals surface area (Å²) in [5, 5.41) is 1.42. The number of piperazine rings is 1. The molecule has 1 N–H and O–H groups in total. The van der Waals surface area contributed by atoms with Gasteiger partial charge in [-0.1, -0.05) is 11.6 Å². The van der Waals surface area contributed by atoms with Crippen molar-refractivity contribution in [1.29, 1.82) is 0 Å². The first-order chi connectivity index (χ1) is 10.9. The summed E-state index contributed by atoms with van der Waals surface area (Å²) in [5.74, 6) is 0. The topological polar surface area (TPSA) is 54.8 Å². The van der Waals surface area contributed by atoms with E-state index in [0.29, 0.717) is 31.2 Å². The van der Waals surface area contributed by atoms with Gasteiger partial charge >= 0.3 is 0 Å². The van der Waals surface area contributed by atoms with E-state index < -0.39 is 10.0 Å². The van der Waals surface area contributed by atoms with Gasteiger partial charge in [-0.15, -0.1) is 0 Å². The summed E-state index contributed by atoms with van der Waals surface area (Å²) in [6.07, 6.45) is 1.89. The average molecular weight is 355 g/mol. The Labute approximate surface area is 141 Å². The molecule has 124 valence electrons. The lowest BCUT2D eigenvalue weighted by Gasteiger charge is -2.36. The van der Waals surface area contributed by atoms with Crippen LogP contribution >= 0.6 is 11.6 Å². The third-order valence-electron chi connectivity index (χ3n) is 4.27. The van der Waals surface area contributed by atoms with Crippen LogP contribution in [0.4, 0.5) is 5.69 Å². The van der Waals surface area contributed by atoms with Crippen LogP contribution in [0.3, 0.4) is 0 Å². The van der Waals surface area contributed by atoms with Gasteiger partial charge in [0, 0.05) is 43.3 Å². The van der Waals surface area contributed by atoms with Crippen LogP contribution in [0.5, 0.6) is 0 Å². The van der Waals surface area contributed by atoms with Gasteiger partial charge in [0.2, 0.25) is 15.5 Å². The number of H-pyrrole nitrogens is 1. The minimum Gasteiger partial charge on any atom is -0.368 e. The van der Waals surface area contributed by atoms with Crippen molar-refractivity contribution in [3.8, 4) is 0 Å². The molecule has 1 aliphatic rings. The van der Waals surface area contributed by atoms with E-state index >= 15 is 0 Å². The molecule has 1 saturated heterocycles. The number of aromatic nitrogens is 1. The van der Waals surface area contributed by atoms with Crippen LogP contribution in [0.15, 0.2) is 30.5 Å². The third kappa shape index (κ3) is 3.16. The number of anilines is 1. The minimum atomic E-state index is -3.17. The van der Waals surface area contributed by atoms with Crippen molar-refractivity contribution in [1.82, 2.24) is 4.31 Å². The van der Waals surface area contributed by atoms with Crippen LogP contribution < -0.4 is 9.88 Å². The Morgan fingerprint density at radius 1 is 1.13 bits per heavy atom. The van der Waals surface area contributed by atoms with Gasteiger partial charge in [-0.3, -0.25) is 0 Å². The molecule has 0 spiro atoms. The number of hydrogen-bond donors (Lipinski definition) is 0. The molecule has 2 aromatic rings. The van der Waals surface area contributed by atoms with Crippen LogP contribution in [-0.2, 0) is 10.0 Å². The normalized spacial score (nSPS) is 17.1. The predicted octanol–water partition coefficient (Wildman–Crippen LogP) is 2.17. The molecule has 0 unspecified atom stereocenters. The molecule has 7 heteroatoms. The summed E-state index contributed by atoms with van der Waals surface area (Å²) in [7, 11) is -3.17. The van der Waals surface area contributed by atoms with E-state index in [-0.39, 0.29) is 5.25 Å². The molecule has 0 bridgehead atoms. The first-order valence-corrected chi connectivity index (χ1v) is 9.61. The van der Waals surface area contributed by atoms with Crippen molar-refractivity contribution in [3.05, 3.63) is 35.5 Å². The lowest BCUT2D eigenvalue weighted by molar-refractivity contribution is -0.344. The molecule has 0 saturated carbocycles. The Morgan fingerprint density at radius 3 is 2.48 bits per heavy atom. The number of nitrogens with one attached hydrogen (secondary N) is 1. The highest BCUT2D eigenvalue weighted by atomic mass is 35.5. The molecule has 1 aromatic carbocycles. The van der Waals surface area contributed by atoms with Gasteiger partial charge < -0.3 is 4.90 Å². The molecule has 1 aliphatic heterocycles. The molecule has 0 amide bonds. The molecule has 5 nitrogen and oxygen atoms in total.